The normalized spacial score (nSPS) is 30.9. The first-order valence-corrected chi connectivity index (χ1v) is 5.95. The maximum atomic E-state index is 12.1. The van der Waals surface area contributed by atoms with E-state index >= 15 is 0 Å². The van der Waals surface area contributed by atoms with Crippen LogP contribution in [0.15, 0.2) is 0 Å². The Bertz CT molecular complexity index is 301. The van der Waals surface area contributed by atoms with Gasteiger partial charge in [0.1, 0.15) is 11.6 Å². The van der Waals surface area contributed by atoms with Crippen LogP contribution in [0.4, 0.5) is 0 Å². The Balaban J connectivity index is 3.02. The van der Waals surface area contributed by atoms with Crippen molar-refractivity contribution in [1.29, 1.82) is 0 Å². The monoisotopic (exact) mass is 226 g/mol. The largest absolute Gasteiger partial charge is 0.343 e. The van der Waals surface area contributed by atoms with Crippen LogP contribution in [0.5, 0.6) is 0 Å². The molecule has 0 bridgehead atoms. The summed E-state index contributed by atoms with van der Waals surface area (Å²) in [4.78, 5) is 25.8. The molecular weight excluding hydrogens is 204 g/mol. The molecular formula is C12H22N2O2. The van der Waals surface area contributed by atoms with E-state index in [4.69, 9.17) is 0 Å². The highest BCUT2D eigenvalue weighted by molar-refractivity contribution is 5.99. The molecule has 2 atom stereocenters. The van der Waals surface area contributed by atoms with E-state index in [1.807, 2.05) is 13.8 Å². The molecule has 1 fully saturated rings. The molecule has 0 aliphatic carbocycles. The number of hydrogen-bond donors (Lipinski definition) is 1. The molecule has 1 saturated heterocycles. The standard InChI is InChI=1S/C12H22N2O2/c1-6-12(5)11(16)13-9(4)10(15)14(12)7-8(2)3/h8-9H,6-7H2,1-5H3,(H,13,16). The summed E-state index contributed by atoms with van der Waals surface area (Å²) in [6, 6.07) is -0.397. The van der Waals surface area contributed by atoms with Crippen molar-refractivity contribution in [1.82, 2.24) is 10.2 Å². The first-order valence-electron chi connectivity index (χ1n) is 5.95. The molecule has 0 aromatic carbocycles. The molecule has 16 heavy (non-hydrogen) atoms. The first-order chi connectivity index (χ1) is 7.32. The number of hydrogen-bond acceptors (Lipinski definition) is 2. The fraction of sp³-hybridized carbons (Fsp3) is 0.833. The second-order valence-electron chi connectivity index (χ2n) is 5.17. The highest BCUT2D eigenvalue weighted by atomic mass is 16.2. The van der Waals surface area contributed by atoms with Crippen molar-refractivity contribution in [3.63, 3.8) is 0 Å². The van der Waals surface area contributed by atoms with E-state index in [1.54, 1.807) is 11.8 Å². The van der Waals surface area contributed by atoms with E-state index in [0.717, 1.165) is 0 Å². The summed E-state index contributed by atoms with van der Waals surface area (Å²) in [5, 5.41) is 2.74. The average molecular weight is 226 g/mol. The van der Waals surface area contributed by atoms with Gasteiger partial charge in [0.05, 0.1) is 0 Å². The van der Waals surface area contributed by atoms with Crippen LogP contribution in [0.1, 0.15) is 41.0 Å². The van der Waals surface area contributed by atoms with Crippen LogP contribution in [-0.4, -0.2) is 34.8 Å². The van der Waals surface area contributed by atoms with Crippen molar-refractivity contribution in [2.45, 2.75) is 52.6 Å². The van der Waals surface area contributed by atoms with Gasteiger partial charge >= 0.3 is 0 Å². The van der Waals surface area contributed by atoms with Crippen LogP contribution in [0, 0.1) is 5.92 Å². The molecule has 0 radical (unpaired) electrons. The zero-order chi connectivity index (χ0) is 12.5. The Morgan fingerprint density at radius 2 is 2.00 bits per heavy atom. The van der Waals surface area contributed by atoms with Crippen molar-refractivity contribution in [3.8, 4) is 0 Å². The van der Waals surface area contributed by atoms with E-state index < -0.39 is 11.6 Å². The molecule has 0 aromatic heterocycles. The molecule has 1 aliphatic heterocycles. The van der Waals surface area contributed by atoms with Crippen molar-refractivity contribution in [2.75, 3.05) is 6.54 Å². The molecule has 1 aliphatic rings. The fourth-order valence-corrected chi connectivity index (χ4v) is 2.02. The van der Waals surface area contributed by atoms with Gasteiger partial charge in [0.15, 0.2) is 0 Å². The molecule has 0 aromatic rings. The molecule has 1 heterocycles. The second-order valence-corrected chi connectivity index (χ2v) is 5.17. The van der Waals surface area contributed by atoms with Crippen molar-refractivity contribution in [2.24, 2.45) is 5.92 Å². The summed E-state index contributed by atoms with van der Waals surface area (Å²) in [5.41, 5.74) is -0.687. The third kappa shape index (κ3) is 2.06. The summed E-state index contributed by atoms with van der Waals surface area (Å²) in [6.07, 6.45) is 0.643. The van der Waals surface area contributed by atoms with Crippen molar-refractivity contribution < 1.29 is 9.59 Å². The lowest BCUT2D eigenvalue weighted by atomic mass is 9.90. The van der Waals surface area contributed by atoms with E-state index in [2.05, 4.69) is 19.2 Å². The Labute approximate surface area is 97.4 Å². The number of nitrogens with one attached hydrogen (secondary N) is 1. The summed E-state index contributed by atoms with van der Waals surface area (Å²) >= 11 is 0. The van der Waals surface area contributed by atoms with Crippen LogP contribution >= 0.6 is 0 Å². The molecule has 92 valence electrons. The lowest BCUT2D eigenvalue weighted by Crippen LogP contribution is -2.69. The number of nitrogens with zero attached hydrogens (tertiary/aromatic N) is 1. The van der Waals surface area contributed by atoms with Gasteiger partial charge in [-0.1, -0.05) is 20.8 Å². The fourth-order valence-electron chi connectivity index (χ4n) is 2.02. The highest BCUT2D eigenvalue weighted by Crippen LogP contribution is 2.25. The summed E-state index contributed by atoms with van der Waals surface area (Å²) in [6.45, 7) is 10.3. The molecule has 0 spiro atoms. The second kappa shape index (κ2) is 4.44. The SMILES string of the molecule is CCC1(C)C(=O)NC(C)C(=O)N1CC(C)C. The number of piperazine rings is 1. The maximum Gasteiger partial charge on any atom is 0.246 e. The lowest BCUT2D eigenvalue weighted by molar-refractivity contribution is -0.156. The minimum Gasteiger partial charge on any atom is -0.343 e. The van der Waals surface area contributed by atoms with Gasteiger partial charge in [-0.3, -0.25) is 9.59 Å². The smallest absolute Gasteiger partial charge is 0.246 e. The van der Waals surface area contributed by atoms with Crippen LogP contribution < -0.4 is 5.32 Å². The Morgan fingerprint density at radius 1 is 1.44 bits per heavy atom. The summed E-state index contributed by atoms with van der Waals surface area (Å²) in [7, 11) is 0. The molecule has 1 N–H and O–H groups in total. The number of rotatable bonds is 3. The van der Waals surface area contributed by atoms with Gasteiger partial charge in [-0.15, -0.1) is 0 Å². The van der Waals surface area contributed by atoms with Gasteiger partial charge in [0.2, 0.25) is 11.8 Å². The van der Waals surface area contributed by atoms with Gasteiger partial charge in [-0.2, -0.15) is 0 Å². The predicted octanol–water partition coefficient (Wildman–Crippen LogP) is 1.16. The first kappa shape index (κ1) is 13.0. The molecule has 4 nitrogen and oxygen atoms in total. The van der Waals surface area contributed by atoms with Gasteiger partial charge in [0.25, 0.3) is 0 Å². The van der Waals surface area contributed by atoms with Crippen LogP contribution in [0.2, 0.25) is 0 Å². The van der Waals surface area contributed by atoms with Gasteiger partial charge < -0.3 is 10.2 Å². The third-order valence-electron chi connectivity index (χ3n) is 3.31. The maximum absolute atomic E-state index is 12.1. The minimum absolute atomic E-state index is 0.0256. The lowest BCUT2D eigenvalue weighted by Gasteiger charge is -2.46. The number of carbonyl (C=O) groups is 2. The van der Waals surface area contributed by atoms with Gasteiger partial charge in [0, 0.05) is 6.54 Å². The quantitative estimate of drug-likeness (QED) is 0.785. The average Bonchev–Trinajstić information content (AvgIpc) is 2.21. The van der Waals surface area contributed by atoms with Crippen molar-refractivity contribution in [3.05, 3.63) is 0 Å². The van der Waals surface area contributed by atoms with E-state index in [-0.39, 0.29) is 11.8 Å². The van der Waals surface area contributed by atoms with Gasteiger partial charge in [-0.05, 0) is 26.2 Å². The summed E-state index contributed by atoms with van der Waals surface area (Å²) < 4.78 is 0. The van der Waals surface area contributed by atoms with E-state index in [9.17, 15) is 9.59 Å². The van der Waals surface area contributed by atoms with Crippen LogP contribution in [-0.2, 0) is 9.59 Å². The molecule has 1 rings (SSSR count). The molecule has 0 saturated carbocycles. The van der Waals surface area contributed by atoms with E-state index in [1.165, 1.54) is 0 Å². The zero-order valence-electron chi connectivity index (χ0n) is 10.8. The Hall–Kier alpha value is -1.06. The topological polar surface area (TPSA) is 49.4 Å². The third-order valence-corrected chi connectivity index (χ3v) is 3.31. The predicted molar refractivity (Wildman–Crippen MR) is 62.9 cm³/mol. The summed E-state index contributed by atoms with van der Waals surface area (Å²) in [5.74, 6) is 0.355. The van der Waals surface area contributed by atoms with Crippen LogP contribution in [0.25, 0.3) is 0 Å². The van der Waals surface area contributed by atoms with Crippen LogP contribution in [0.3, 0.4) is 0 Å². The highest BCUT2D eigenvalue weighted by Gasteiger charge is 2.46. The Morgan fingerprint density at radius 3 is 2.44 bits per heavy atom. The number of carbonyl (C=O) groups excluding carboxylic acids is 2. The van der Waals surface area contributed by atoms with E-state index in [0.29, 0.717) is 18.9 Å². The Kier molecular flexibility index (Phi) is 3.61. The zero-order valence-corrected chi connectivity index (χ0v) is 10.8. The number of amides is 2. The van der Waals surface area contributed by atoms with Crippen molar-refractivity contribution >= 4 is 11.8 Å². The molecule has 2 amide bonds. The minimum atomic E-state index is -0.687. The molecule has 4 heteroatoms. The molecule has 2 unspecified atom stereocenters. The van der Waals surface area contributed by atoms with Gasteiger partial charge in [-0.25, -0.2) is 0 Å².